The fraction of sp³-hybridized carbons (Fsp3) is 0.235. The van der Waals surface area contributed by atoms with E-state index >= 15 is 0 Å². The Morgan fingerprint density at radius 3 is 2.19 bits per heavy atom. The van der Waals surface area contributed by atoms with Crippen molar-refractivity contribution in [2.75, 3.05) is 5.32 Å². The topological polar surface area (TPSA) is 49.3 Å². The molecule has 0 saturated carbocycles. The maximum Gasteiger partial charge on any atom is 0.334 e. The van der Waals surface area contributed by atoms with Gasteiger partial charge >= 0.3 is 5.97 Å². The fourth-order valence-electron chi connectivity index (χ4n) is 2.45. The zero-order chi connectivity index (χ0) is 15.5. The van der Waals surface area contributed by atoms with Gasteiger partial charge in [-0.25, -0.2) is 4.79 Å². The minimum absolute atomic E-state index is 0.173. The van der Waals surface area contributed by atoms with Crippen LogP contribution in [0.4, 0.5) is 5.69 Å². The second-order valence-corrected chi connectivity index (χ2v) is 5.65. The van der Waals surface area contributed by atoms with Crippen molar-refractivity contribution >= 4 is 23.3 Å². The van der Waals surface area contributed by atoms with Crippen LogP contribution < -0.4 is 5.32 Å². The number of rotatable bonds is 5. The van der Waals surface area contributed by atoms with Crippen molar-refractivity contribution in [1.82, 2.24) is 0 Å². The average Bonchev–Trinajstić information content (AvgIpc) is 2.46. The first kappa shape index (κ1) is 15.4. The summed E-state index contributed by atoms with van der Waals surface area (Å²) in [5.74, 6) is -1.10. The smallest absolute Gasteiger partial charge is 0.334 e. The second-order valence-electron chi connectivity index (χ2n) is 5.24. The normalized spacial score (nSPS) is 13.7. The van der Waals surface area contributed by atoms with E-state index in [1.54, 1.807) is 12.1 Å². The van der Waals surface area contributed by atoms with E-state index in [2.05, 4.69) is 5.32 Å². The molecule has 3 nitrogen and oxygen atoms in total. The van der Waals surface area contributed by atoms with Crippen molar-refractivity contribution in [3.8, 4) is 0 Å². The van der Waals surface area contributed by atoms with Crippen LogP contribution in [0.3, 0.4) is 0 Å². The number of carboxylic acid groups (broad SMARTS) is 1. The molecule has 0 aliphatic rings. The number of halogens is 1. The van der Waals surface area contributed by atoms with Crippen molar-refractivity contribution in [2.45, 2.75) is 19.4 Å². The Morgan fingerprint density at radius 1 is 1.10 bits per heavy atom. The Kier molecular flexibility index (Phi) is 4.53. The minimum atomic E-state index is -1.23. The van der Waals surface area contributed by atoms with Crippen LogP contribution >= 0.6 is 11.6 Å². The van der Waals surface area contributed by atoms with E-state index in [0.717, 1.165) is 0 Å². The van der Waals surface area contributed by atoms with Gasteiger partial charge < -0.3 is 10.4 Å². The van der Waals surface area contributed by atoms with E-state index in [1.165, 1.54) is 0 Å². The number of carboxylic acids is 1. The molecule has 0 radical (unpaired) electrons. The maximum atomic E-state index is 12.1. The molecule has 1 atom stereocenters. The van der Waals surface area contributed by atoms with Gasteiger partial charge in [-0.05, 0) is 23.6 Å². The first-order valence-electron chi connectivity index (χ1n) is 6.80. The lowest BCUT2D eigenvalue weighted by Crippen LogP contribution is -2.48. The Bertz CT molecular complexity index is 628. The number of hydrogen-bond donors (Lipinski definition) is 2. The van der Waals surface area contributed by atoms with Crippen LogP contribution in [0.15, 0.2) is 54.6 Å². The summed E-state index contributed by atoms with van der Waals surface area (Å²) in [6, 6.07) is 16.3. The lowest BCUT2D eigenvalue weighted by Gasteiger charge is -2.36. The van der Waals surface area contributed by atoms with Crippen LogP contribution in [-0.2, 0) is 10.3 Å². The van der Waals surface area contributed by atoms with Crippen LogP contribution in [-0.4, -0.2) is 11.1 Å². The summed E-state index contributed by atoms with van der Waals surface area (Å²) < 4.78 is 0. The molecule has 0 saturated heterocycles. The van der Waals surface area contributed by atoms with E-state index in [1.807, 2.05) is 56.3 Å². The van der Waals surface area contributed by atoms with Gasteiger partial charge in [0.15, 0.2) is 5.54 Å². The number of anilines is 1. The van der Waals surface area contributed by atoms with Crippen molar-refractivity contribution in [3.63, 3.8) is 0 Å². The van der Waals surface area contributed by atoms with Gasteiger partial charge in [0.1, 0.15) is 0 Å². The van der Waals surface area contributed by atoms with Crippen LogP contribution in [0.5, 0.6) is 0 Å². The highest BCUT2D eigenvalue weighted by Gasteiger charge is 2.43. The Labute approximate surface area is 129 Å². The summed E-state index contributed by atoms with van der Waals surface area (Å²) >= 11 is 6.17. The van der Waals surface area contributed by atoms with Gasteiger partial charge in [-0.1, -0.05) is 67.9 Å². The molecule has 2 aromatic rings. The number of carbonyl (C=O) groups is 1. The standard InChI is InChI=1S/C17H18ClNO2/c1-12(2)17(16(20)21,13-8-4-3-5-9-13)19-15-11-7-6-10-14(15)18/h3-12,19H,1-2H3,(H,20,21). The molecular formula is C17H18ClNO2. The summed E-state index contributed by atoms with van der Waals surface area (Å²) in [4.78, 5) is 12.1. The molecule has 0 aliphatic heterocycles. The van der Waals surface area contributed by atoms with Gasteiger partial charge in [-0.15, -0.1) is 0 Å². The van der Waals surface area contributed by atoms with Gasteiger partial charge in [0, 0.05) is 0 Å². The number of aliphatic carboxylic acids is 1. The lowest BCUT2D eigenvalue weighted by atomic mass is 9.79. The third-order valence-electron chi connectivity index (χ3n) is 3.64. The molecule has 0 amide bonds. The van der Waals surface area contributed by atoms with Crippen LogP contribution in [0.25, 0.3) is 0 Å². The van der Waals surface area contributed by atoms with Crippen LogP contribution in [0, 0.1) is 5.92 Å². The van der Waals surface area contributed by atoms with Gasteiger partial charge in [0.2, 0.25) is 0 Å². The molecular weight excluding hydrogens is 286 g/mol. The van der Waals surface area contributed by atoms with Gasteiger partial charge in [-0.3, -0.25) is 0 Å². The van der Waals surface area contributed by atoms with Crippen LogP contribution in [0.1, 0.15) is 19.4 Å². The summed E-state index contributed by atoms with van der Waals surface area (Å²) in [7, 11) is 0. The molecule has 0 heterocycles. The fourth-order valence-corrected chi connectivity index (χ4v) is 2.63. The summed E-state index contributed by atoms with van der Waals surface area (Å²) in [5, 5.41) is 13.5. The predicted molar refractivity (Wildman–Crippen MR) is 85.7 cm³/mol. The number of nitrogens with one attached hydrogen (secondary N) is 1. The van der Waals surface area contributed by atoms with E-state index in [4.69, 9.17) is 11.6 Å². The van der Waals surface area contributed by atoms with Crippen molar-refractivity contribution in [2.24, 2.45) is 5.92 Å². The number of benzene rings is 2. The molecule has 1 unspecified atom stereocenters. The highest BCUT2D eigenvalue weighted by molar-refractivity contribution is 6.33. The lowest BCUT2D eigenvalue weighted by molar-refractivity contribution is -0.144. The number of para-hydroxylation sites is 1. The number of hydrogen-bond acceptors (Lipinski definition) is 2. The third-order valence-corrected chi connectivity index (χ3v) is 3.97. The monoisotopic (exact) mass is 303 g/mol. The molecule has 0 aliphatic carbocycles. The molecule has 0 spiro atoms. The van der Waals surface area contributed by atoms with Crippen LogP contribution in [0.2, 0.25) is 5.02 Å². The zero-order valence-corrected chi connectivity index (χ0v) is 12.8. The molecule has 2 aromatic carbocycles. The molecule has 0 aromatic heterocycles. The summed E-state index contributed by atoms with van der Waals surface area (Å²) in [6.07, 6.45) is 0. The highest BCUT2D eigenvalue weighted by atomic mass is 35.5. The van der Waals surface area contributed by atoms with Gasteiger partial charge in [0.25, 0.3) is 0 Å². The largest absolute Gasteiger partial charge is 0.479 e. The molecule has 0 bridgehead atoms. The maximum absolute atomic E-state index is 12.1. The van der Waals surface area contributed by atoms with Gasteiger partial charge in [-0.2, -0.15) is 0 Å². The predicted octanol–water partition coefficient (Wildman–Crippen LogP) is 4.39. The van der Waals surface area contributed by atoms with E-state index in [0.29, 0.717) is 16.3 Å². The molecule has 4 heteroatoms. The minimum Gasteiger partial charge on any atom is -0.479 e. The molecule has 2 rings (SSSR count). The second kappa shape index (κ2) is 6.19. The first-order valence-corrected chi connectivity index (χ1v) is 7.18. The molecule has 21 heavy (non-hydrogen) atoms. The average molecular weight is 304 g/mol. The summed E-state index contributed by atoms with van der Waals surface area (Å²) in [5.41, 5.74) is 0.0817. The molecule has 0 fully saturated rings. The molecule has 2 N–H and O–H groups in total. The first-order chi connectivity index (χ1) is 9.98. The molecule has 110 valence electrons. The van der Waals surface area contributed by atoms with Crippen molar-refractivity contribution in [3.05, 3.63) is 65.2 Å². The van der Waals surface area contributed by atoms with E-state index < -0.39 is 11.5 Å². The van der Waals surface area contributed by atoms with Crippen molar-refractivity contribution < 1.29 is 9.90 Å². The van der Waals surface area contributed by atoms with E-state index in [-0.39, 0.29) is 5.92 Å². The third kappa shape index (κ3) is 2.88. The quantitative estimate of drug-likeness (QED) is 0.861. The Balaban J connectivity index is 2.56. The Morgan fingerprint density at radius 2 is 1.67 bits per heavy atom. The summed E-state index contributed by atoms with van der Waals surface area (Å²) in [6.45, 7) is 3.76. The van der Waals surface area contributed by atoms with E-state index in [9.17, 15) is 9.90 Å². The van der Waals surface area contributed by atoms with Crippen molar-refractivity contribution in [1.29, 1.82) is 0 Å². The highest BCUT2D eigenvalue weighted by Crippen LogP contribution is 2.36. The SMILES string of the molecule is CC(C)C(Nc1ccccc1Cl)(C(=O)O)c1ccccc1. The Hall–Kier alpha value is -2.00. The van der Waals surface area contributed by atoms with Gasteiger partial charge in [0.05, 0.1) is 10.7 Å². The zero-order valence-electron chi connectivity index (χ0n) is 12.0.